The zero-order valence-corrected chi connectivity index (χ0v) is 13.1. The van der Waals surface area contributed by atoms with Gasteiger partial charge in [-0.25, -0.2) is 0 Å². The lowest BCUT2D eigenvalue weighted by atomic mass is 10.2. The Morgan fingerprint density at radius 1 is 1.16 bits per heavy atom. The highest BCUT2D eigenvalue weighted by Gasteiger charge is 2.08. The summed E-state index contributed by atoms with van der Waals surface area (Å²) < 4.78 is 0. The zero-order valence-electron chi connectivity index (χ0n) is 10.8. The van der Waals surface area contributed by atoms with E-state index < -0.39 is 0 Å². The van der Waals surface area contributed by atoms with Crippen LogP contribution in [0.1, 0.15) is 20.9 Å². The minimum atomic E-state index is 0.0945. The highest BCUT2D eigenvalue weighted by molar-refractivity contribution is 7.12. The van der Waals surface area contributed by atoms with Gasteiger partial charge in [-0.2, -0.15) is 0 Å². The lowest BCUT2D eigenvalue weighted by molar-refractivity contribution is 0.465. The second-order valence-corrected chi connectivity index (χ2v) is 6.64. The third kappa shape index (κ3) is 3.63. The van der Waals surface area contributed by atoms with Gasteiger partial charge in [0.2, 0.25) is 0 Å². The molecule has 0 radical (unpaired) electrons. The quantitative estimate of drug-likeness (QED) is 0.859. The molecule has 0 unspecified atom stereocenters. The van der Waals surface area contributed by atoms with Gasteiger partial charge in [0, 0.05) is 33.4 Å². The highest BCUT2D eigenvalue weighted by Crippen LogP contribution is 2.31. The molecule has 1 aromatic carbocycles. The van der Waals surface area contributed by atoms with Crippen molar-refractivity contribution < 1.29 is 5.11 Å². The lowest BCUT2D eigenvalue weighted by Crippen LogP contribution is -2.12. The van der Waals surface area contributed by atoms with Gasteiger partial charge in [0.15, 0.2) is 0 Å². The maximum Gasteiger partial charge on any atom is 0.138 e. The summed E-state index contributed by atoms with van der Waals surface area (Å²) >= 11 is 13.6. The van der Waals surface area contributed by atoms with Crippen molar-refractivity contribution in [3.8, 4) is 5.75 Å². The molecule has 0 aliphatic rings. The summed E-state index contributed by atoms with van der Waals surface area (Å²) in [5.41, 5.74) is 2.03. The van der Waals surface area contributed by atoms with E-state index in [-0.39, 0.29) is 10.8 Å². The number of benzene rings is 1. The average molecular weight is 316 g/mol. The van der Waals surface area contributed by atoms with Gasteiger partial charge in [-0.05, 0) is 37.6 Å². The molecule has 2 N–H and O–H groups in total. The maximum absolute atomic E-state index is 9.84. The molecule has 2 aromatic rings. The van der Waals surface area contributed by atoms with E-state index in [4.69, 9.17) is 23.2 Å². The Morgan fingerprint density at radius 3 is 2.53 bits per heavy atom. The molecule has 2 rings (SSSR count). The van der Waals surface area contributed by atoms with Crippen molar-refractivity contribution in [1.82, 2.24) is 5.32 Å². The van der Waals surface area contributed by atoms with E-state index in [0.717, 1.165) is 6.54 Å². The van der Waals surface area contributed by atoms with Crippen molar-refractivity contribution in [1.29, 1.82) is 0 Å². The Hall–Kier alpha value is -0.740. The van der Waals surface area contributed by atoms with Gasteiger partial charge < -0.3 is 10.4 Å². The first-order valence-corrected chi connectivity index (χ1v) is 7.48. The molecule has 0 spiro atoms. The molecule has 2 nitrogen and oxygen atoms in total. The van der Waals surface area contributed by atoms with Crippen molar-refractivity contribution in [2.24, 2.45) is 0 Å². The van der Waals surface area contributed by atoms with Crippen molar-refractivity contribution in [3.63, 3.8) is 0 Å². The summed E-state index contributed by atoms with van der Waals surface area (Å²) in [6.45, 7) is 5.52. The Balaban J connectivity index is 1.99. The Morgan fingerprint density at radius 2 is 1.89 bits per heavy atom. The fourth-order valence-corrected chi connectivity index (χ4v) is 3.37. The lowest BCUT2D eigenvalue weighted by Gasteiger charge is -2.08. The molecule has 0 saturated heterocycles. The number of halogens is 2. The fourth-order valence-electron chi connectivity index (χ4n) is 1.81. The van der Waals surface area contributed by atoms with Crippen LogP contribution in [0.15, 0.2) is 18.2 Å². The highest BCUT2D eigenvalue weighted by atomic mass is 35.5. The van der Waals surface area contributed by atoms with E-state index in [0.29, 0.717) is 17.1 Å². The first-order chi connectivity index (χ1) is 8.97. The van der Waals surface area contributed by atoms with Gasteiger partial charge in [0.25, 0.3) is 0 Å². The monoisotopic (exact) mass is 315 g/mol. The first-order valence-electron chi connectivity index (χ1n) is 5.91. The average Bonchev–Trinajstić information content (AvgIpc) is 2.65. The first kappa shape index (κ1) is 14.7. The number of thiophene rings is 1. The smallest absolute Gasteiger partial charge is 0.138 e. The van der Waals surface area contributed by atoms with Crippen LogP contribution in [-0.2, 0) is 13.1 Å². The molecule has 19 heavy (non-hydrogen) atoms. The van der Waals surface area contributed by atoms with Crippen LogP contribution in [0.25, 0.3) is 0 Å². The van der Waals surface area contributed by atoms with Gasteiger partial charge in [0.05, 0.1) is 5.02 Å². The number of hydrogen-bond donors (Lipinski definition) is 2. The van der Waals surface area contributed by atoms with Crippen LogP contribution in [0, 0.1) is 13.8 Å². The maximum atomic E-state index is 9.84. The summed E-state index contributed by atoms with van der Waals surface area (Å²) in [4.78, 5) is 2.62. The van der Waals surface area contributed by atoms with Gasteiger partial charge in [-0.3, -0.25) is 0 Å². The van der Waals surface area contributed by atoms with Crippen molar-refractivity contribution >= 4 is 34.5 Å². The standard InChI is InChI=1S/C14H15Cl2NOS/c1-8-3-12(19-9(8)2)7-17-6-10-4-11(15)5-13(16)14(10)18/h3-5,17-18H,6-7H2,1-2H3. The van der Waals surface area contributed by atoms with Gasteiger partial charge in [-0.15, -0.1) is 11.3 Å². The van der Waals surface area contributed by atoms with E-state index in [2.05, 4.69) is 25.2 Å². The van der Waals surface area contributed by atoms with Crippen LogP contribution in [0.4, 0.5) is 0 Å². The van der Waals surface area contributed by atoms with E-state index >= 15 is 0 Å². The molecule has 102 valence electrons. The number of hydrogen-bond acceptors (Lipinski definition) is 3. The molecule has 0 aliphatic carbocycles. The second kappa shape index (κ2) is 6.14. The summed E-state index contributed by atoms with van der Waals surface area (Å²) in [6, 6.07) is 5.44. The van der Waals surface area contributed by atoms with Crippen molar-refractivity contribution in [3.05, 3.63) is 49.1 Å². The molecule has 1 heterocycles. The SMILES string of the molecule is Cc1cc(CNCc2cc(Cl)cc(Cl)c2O)sc1C. The number of aryl methyl sites for hydroxylation is 2. The van der Waals surface area contributed by atoms with Crippen LogP contribution in [0.2, 0.25) is 10.0 Å². The molecule has 0 fully saturated rings. The second-order valence-electron chi connectivity index (χ2n) is 4.45. The van der Waals surface area contributed by atoms with E-state index in [1.807, 2.05) is 0 Å². The van der Waals surface area contributed by atoms with Crippen LogP contribution < -0.4 is 5.32 Å². The van der Waals surface area contributed by atoms with Crippen LogP contribution in [0.3, 0.4) is 0 Å². The van der Waals surface area contributed by atoms with E-state index in [1.165, 1.54) is 21.4 Å². The third-order valence-corrected chi connectivity index (χ3v) is 4.60. The molecule has 0 aliphatic heterocycles. The van der Waals surface area contributed by atoms with Crippen LogP contribution in [0.5, 0.6) is 5.75 Å². The normalized spacial score (nSPS) is 10.9. The minimum Gasteiger partial charge on any atom is -0.506 e. The van der Waals surface area contributed by atoms with Crippen LogP contribution in [-0.4, -0.2) is 5.11 Å². The Kier molecular flexibility index (Phi) is 4.74. The number of rotatable bonds is 4. The molecule has 1 aromatic heterocycles. The molecule has 0 bridgehead atoms. The van der Waals surface area contributed by atoms with Gasteiger partial charge >= 0.3 is 0 Å². The molecule has 0 amide bonds. The predicted octanol–water partition coefficient (Wildman–Crippen LogP) is 4.67. The molecular weight excluding hydrogens is 301 g/mol. The molecule has 0 atom stereocenters. The van der Waals surface area contributed by atoms with E-state index in [9.17, 15) is 5.11 Å². The topological polar surface area (TPSA) is 32.3 Å². The number of nitrogens with one attached hydrogen (secondary N) is 1. The van der Waals surface area contributed by atoms with Gasteiger partial charge in [-0.1, -0.05) is 23.2 Å². The number of phenols is 1. The molecule has 0 saturated carbocycles. The summed E-state index contributed by atoms with van der Waals surface area (Å²) in [5, 5.41) is 13.9. The predicted molar refractivity (Wildman–Crippen MR) is 82.5 cm³/mol. The summed E-state index contributed by atoms with van der Waals surface area (Å²) in [5.74, 6) is 0.0945. The molecule has 5 heteroatoms. The van der Waals surface area contributed by atoms with Crippen molar-refractivity contribution in [2.75, 3.05) is 0 Å². The van der Waals surface area contributed by atoms with Crippen LogP contribution >= 0.6 is 34.5 Å². The molecular formula is C14H15Cl2NOS. The Bertz CT molecular complexity index is 576. The third-order valence-electron chi connectivity index (χ3n) is 2.94. The Labute approximate surface area is 127 Å². The fraction of sp³-hybridized carbons (Fsp3) is 0.286. The zero-order chi connectivity index (χ0) is 14.0. The van der Waals surface area contributed by atoms with Gasteiger partial charge in [0.1, 0.15) is 5.75 Å². The number of aromatic hydroxyl groups is 1. The van der Waals surface area contributed by atoms with Crippen molar-refractivity contribution in [2.45, 2.75) is 26.9 Å². The largest absolute Gasteiger partial charge is 0.506 e. The summed E-state index contributed by atoms with van der Waals surface area (Å²) in [7, 11) is 0. The minimum absolute atomic E-state index is 0.0945. The van der Waals surface area contributed by atoms with E-state index in [1.54, 1.807) is 17.4 Å². The number of phenolic OH excluding ortho intramolecular Hbond substituents is 1. The summed E-state index contributed by atoms with van der Waals surface area (Å²) in [6.07, 6.45) is 0.